The fourth-order valence-electron chi connectivity index (χ4n) is 2.76. The molecule has 0 bridgehead atoms. The lowest BCUT2D eigenvalue weighted by Crippen LogP contribution is -2.30. The zero-order chi connectivity index (χ0) is 11.4. The van der Waals surface area contributed by atoms with Crippen molar-refractivity contribution < 1.29 is 0 Å². The molecule has 3 N–H and O–H groups in total. The van der Waals surface area contributed by atoms with Crippen LogP contribution in [0.1, 0.15) is 36.8 Å². The van der Waals surface area contributed by atoms with E-state index in [1.807, 2.05) is 0 Å². The van der Waals surface area contributed by atoms with Gasteiger partial charge in [-0.3, -0.25) is 0 Å². The predicted molar refractivity (Wildman–Crippen MR) is 68.3 cm³/mol. The highest BCUT2D eigenvalue weighted by molar-refractivity contribution is 5.30. The van der Waals surface area contributed by atoms with Gasteiger partial charge in [0.15, 0.2) is 0 Å². The largest absolute Gasteiger partial charge is 0.326 e. The van der Waals surface area contributed by atoms with E-state index in [-0.39, 0.29) is 0 Å². The maximum atomic E-state index is 5.81. The van der Waals surface area contributed by atoms with E-state index >= 15 is 0 Å². The van der Waals surface area contributed by atoms with Crippen LogP contribution < -0.4 is 11.1 Å². The molecule has 2 nitrogen and oxygen atoms in total. The zero-order valence-corrected chi connectivity index (χ0v) is 10.1. The molecule has 0 aliphatic carbocycles. The van der Waals surface area contributed by atoms with Gasteiger partial charge >= 0.3 is 0 Å². The highest BCUT2D eigenvalue weighted by atomic mass is 14.9. The summed E-state index contributed by atoms with van der Waals surface area (Å²) >= 11 is 0. The minimum absolute atomic E-state index is 0.641. The van der Waals surface area contributed by atoms with Gasteiger partial charge in [-0.15, -0.1) is 0 Å². The Morgan fingerprint density at radius 3 is 2.69 bits per heavy atom. The summed E-state index contributed by atoms with van der Waals surface area (Å²) in [5, 5.41) is 3.42. The van der Waals surface area contributed by atoms with Gasteiger partial charge in [-0.05, 0) is 48.9 Å². The summed E-state index contributed by atoms with van der Waals surface area (Å²) < 4.78 is 0. The van der Waals surface area contributed by atoms with Crippen LogP contribution in [-0.2, 0) is 6.54 Å². The number of hydrogen-bond donors (Lipinski definition) is 2. The maximum Gasteiger partial charge on any atom is 0.0180 e. The van der Waals surface area contributed by atoms with Crippen LogP contribution >= 0.6 is 0 Å². The molecule has 1 aromatic carbocycles. The summed E-state index contributed by atoms with van der Waals surface area (Å²) in [5.74, 6) is 1.45. The Bertz CT molecular complexity index is 329. The Morgan fingerprint density at radius 2 is 2.00 bits per heavy atom. The molecule has 0 spiro atoms. The van der Waals surface area contributed by atoms with E-state index in [0.717, 1.165) is 5.92 Å². The van der Waals surface area contributed by atoms with Crippen molar-refractivity contribution in [2.45, 2.75) is 32.2 Å². The number of benzene rings is 1. The third kappa shape index (κ3) is 2.45. The summed E-state index contributed by atoms with van der Waals surface area (Å²) in [6, 6.07) is 8.62. The van der Waals surface area contributed by atoms with Gasteiger partial charge in [-0.1, -0.05) is 31.2 Å². The van der Waals surface area contributed by atoms with E-state index < -0.39 is 0 Å². The third-order valence-electron chi connectivity index (χ3n) is 3.86. The SMILES string of the molecule is CC(c1ccccc1CN)C1CCNCC1. The van der Waals surface area contributed by atoms with Crippen LogP contribution in [0.25, 0.3) is 0 Å². The standard InChI is InChI=1S/C14H22N2/c1-11(12-6-8-16-9-7-12)14-5-3-2-4-13(14)10-15/h2-5,11-12,16H,6-10,15H2,1H3. The van der Waals surface area contributed by atoms with Gasteiger partial charge in [0, 0.05) is 6.54 Å². The van der Waals surface area contributed by atoms with Gasteiger partial charge in [0.2, 0.25) is 0 Å². The molecule has 2 rings (SSSR count). The minimum Gasteiger partial charge on any atom is -0.326 e. The van der Waals surface area contributed by atoms with Crippen molar-refractivity contribution in [1.82, 2.24) is 5.32 Å². The van der Waals surface area contributed by atoms with E-state index in [2.05, 4.69) is 36.5 Å². The quantitative estimate of drug-likeness (QED) is 0.816. The molecule has 0 saturated carbocycles. The van der Waals surface area contributed by atoms with Crippen LogP contribution in [0.2, 0.25) is 0 Å². The summed E-state index contributed by atoms with van der Waals surface area (Å²) in [5.41, 5.74) is 8.57. The average molecular weight is 218 g/mol. The Hall–Kier alpha value is -0.860. The van der Waals surface area contributed by atoms with Crippen molar-refractivity contribution in [3.63, 3.8) is 0 Å². The topological polar surface area (TPSA) is 38.0 Å². The van der Waals surface area contributed by atoms with Crippen LogP contribution in [0.15, 0.2) is 24.3 Å². The summed E-state index contributed by atoms with van der Waals surface area (Å²) in [6.07, 6.45) is 2.58. The maximum absolute atomic E-state index is 5.81. The molecule has 0 amide bonds. The molecule has 1 aromatic rings. The molecule has 2 heteroatoms. The van der Waals surface area contributed by atoms with Gasteiger partial charge < -0.3 is 11.1 Å². The second-order valence-electron chi connectivity index (χ2n) is 4.78. The van der Waals surface area contributed by atoms with Crippen LogP contribution in [0.4, 0.5) is 0 Å². The molecule has 1 fully saturated rings. The lowest BCUT2D eigenvalue weighted by atomic mass is 9.80. The van der Waals surface area contributed by atoms with Gasteiger partial charge in [0.25, 0.3) is 0 Å². The molecule has 1 saturated heterocycles. The molecule has 0 radical (unpaired) electrons. The molecule has 0 aromatic heterocycles. The summed E-state index contributed by atoms with van der Waals surface area (Å²) in [7, 11) is 0. The van der Waals surface area contributed by atoms with E-state index in [9.17, 15) is 0 Å². The van der Waals surface area contributed by atoms with Crippen molar-refractivity contribution in [2.75, 3.05) is 13.1 Å². The highest BCUT2D eigenvalue weighted by Crippen LogP contribution is 2.32. The van der Waals surface area contributed by atoms with Crippen LogP contribution in [-0.4, -0.2) is 13.1 Å². The predicted octanol–water partition coefficient (Wildman–Crippen LogP) is 2.25. The smallest absolute Gasteiger partial charge is 0.0180 e. The van der Waals surface area contributed by atoms with Crippen molar-refractivity contribution in [3.05, 3.63) is 35.4 Å². The second-order valence-corrected chi connectivity index (χ2v) is 4.78. The summed E-state index contributed by atoms with van der Waals surface area (Å²) in [6.45, 7) is 5.34. The Kier molecular flexibility index (Phi) is 3.97. The van der Waals surface area contributed by atoms with Crippen LogP contribution in [0, 0.1) is 5.92 Å². The normalized spacial score (nSPS) is 19.6. The number of nitrogens with one attached hydrogen (secondary N) is 1. The van der Waals surface area contributed by atoms with Crippen LogP contribution in [0.3, 0.4) is 0 Å². The number of nitrogens with two attached hydrogens (primary N) is 1. The Morgan fingerprint density at radius 1 is 1.31 bits per heavy atom. The first-order chi connectivity index (χ1) is 7.83. The second kappa shape index (κ2) is 5.46. The summed E-state index contributed by atoms with van der Waals surface area (Å²) in [4.78, 5) is 0. The van der Waals surface area contributed by atoms with Gasteiger partial charge in [0.05, 0.1) is 0 Å². The monoisotopic (exact) mass is 218 g/mol. The molecule has 88 valence electrons. The Balaban J connectivity index is 2.15. The number of rotatable bonds is 3. The van der Waals surface area contributed by atoms with Gasteiger partial charge in [0.1, 0.15) is 0 Å². The van der Waals surface area contributed by atoms with E-state index in [1.165, 1.54) is 37.1 Å². The minimum atomic E-state index is 0.641. The van der Waals surface area contributed by atoms with Crippen molar-refractivity contribution in [1.29, 1.82) is 0 Å². The third-order valence-corrected chi connectivity index (χ3v) is 3.86. The first kappa shape index (κ1) is 11.6. The van der Waals surface area contributed by atoms with Gasteiger partial charge in [-0.2, -0.15) is 0 Å². The average Bonchev–Trinajstić information content (AvgIpc) is 2.39. The first-order valence-electron chi connectivity index (χ1n) is 6.31. The molecule has 1 atom stereocenters. The molecular formula is C14H22N2. The fourth-order valence-corrected chi connectivity index (χ4v) is 2.76. The lowest BCUT2D eigenvalue weighted by Gasteiger charge is -2.29. The molecule has 1 heterocycles. The first-order valence-corrected chi connectivity index (χ1v) is 6.31. The molecule has 1 unspecified atom stereocenters. The fraction of sp³-hybridized carbons (Fsp3) is 0.571. The highest BCUT2D eigenvalue weighted by Gasteiger charge is 2.22. The Labute approximate surface area is 98.2 Å². The van der Waals surface area contributed by atoms with E-state index in [0.29, 0.717) is 12.5 Å². The number of hydrogen-bond acceptors (Lipinski definition) is 2. The van der Waals surface area contributed by atoms with Crippen molar-refractivity contribution in [3.8, 4) is 0 Å². The molecule has 16 heavy (non-hydrogen) atoms. The van der Waals surface area contributed by atoms with Crippen molar-refractivity contribution >= 4 is 0 Å². The van der Waals surface area contributed by atoms with E-state index in [4.69, 9.17) is 5.73 Å². The zero-order valence-electron chi connectivity index (χ0n) is 10.1. The lowest BCUT2D eigenvalue weighted by molar-refractivity contribution is 0.329. The molecule has 1 aliphatic rings. The molecular weight excluding hydrogens is 196 g/mol. The van der Waals surface area contributed by atoms with Crippen LogP contribution in [0.5, 0.6) is 0 Å². The van der Waals surface area contributed by atoms with Gasteiger partial charge in [-0.25, -0.2) is 0 Å². The number of piperidine rings is 1. The van der Waals surface area contributed by atoms with Crippen molar-refractivity contribution in [2.24, 2.45) is 11.7 Å². The van der Waals surface area contributed by atoms with E-state index in [1.54, 1.807) is 0 Å². The molecule has 1 aliphatic heterocycles.